The number of benzene rings is 1. The molecule has 0 spiro atoms. The summed E-state index contributed by atoms with van der Waals surface area (Å²) < 4.78 is 3.11. The molecule has 2 aromatic rings. The van der Waals surface area contributed by atoms with Gasteiger partial charge in [0.15, 0.2) is 0 Å². The number of aromatic nitrogens is 2. The SMILES string of the molecule is Cn1ccn(CC#Cc2ccccc2)c1=O. The van der Waals surface area contributed by atoms with E-state index in [4.69, 9.17) is 0 Å². The van der Waals surface area contributed by atoms with E-state index in [1.54, 1.807) is 24.0 Å². The van der Waals surface area contributed by atoms with Crippen LogP contribution in [-0.2, 0) is 13.6 Å². The number of hydrogen-bond acceptors (Lipinski definition) is 1. The first-order chi connectivity index (χ1) is 7.77. The lowest BCUT2D eigenvalue weighted by molar-refractivity contribution is 0.741. The molecule has 0 aliphatic rings. The zero-order valence-electron chi connectivity index (χ0n) is 9.05. The molecule has 0 atom stereocenters. The van der Waals surface area contributed by atoms with Crippen LogP contribution in [0.2, 0.25) is 0 Å². The largest absolute Gasteiger partial charge is 0.328 e. The highest BCUT2D eigenvalue weighted by Gasteiger charge is 1.95. The molecule has 2 rings (SSSR count). The minimum Gasteiger partial charge on any atom is -0.302 e. The van der Waals surface area contributed by atoms with Gasteiger partial charge in [0.1, 0.15) is 0 Å². The zero-order chi connectivity index (χ0) is 11.4. The molecular weight excluding hydrogens is 200 g/mol. The van der Waals surface area contributed by atoms with E-state index >= 15 is 0 Å². The van der Waals surface area contributed by atoms with Crippen LogP contribution < -0.4 is 5.69 Å². The van der Waals surface area contributed by atoms with Crippen LogP contribution in [0.1, 0.15) is 5.56 Å². The highest BCUT2D eigenvalue weighted by molar-refractivity contribution is 5.33. The van der Waals surface area contributed by atoms with Gasteiger partial charge in [0.25, 0.3) is 0 Å². The van der Waals surface area contributed by atoms with E-state index in [0.717, 1.165) is 5.56 Å². The monoisotopic (exact) mass is 212 g/mol. The van der Waals surface area contributed by atoms with Gasteiger partial charge in [-0.05, 0) is 12.1 Å². The highest BCUT2D eigenvalue weighted by atomic mass is 16.1. The Balaban J connectivity index is 2.12. The van der Waals surface area contributed by atoms with Gasteiger partial charge in [0, 0.05) is 25.0 Å². The molecular formula is C13H12N2O. The Kier molecular flexibility index (Phi) is 2.93. The summed E-state index contributed by atoms with van der Waals surface area (Å²) in [7, 11) is 1.73. The molecule has 0 aliphatic carbocycles. The summed E-state index contributed by atoms with van der Waals surface area (Å²) in [6.07, 6.45) is 3.47. The van der Waals surface area contributed by atoms with Crippen molar-refractivity contribution in [3.8, 4) is 11.8 Å². The first-order valence-corrected chi connectivity index (χ1v) is 5.03. The fraction of sp³-hybridized carbons (Fsp3) is 0.154. The molecule has 16 heavy (non-hydrogen) atoms. The Morgan fingerprint density at radius 1 is 1.19 bits per heavy atom. The van der Waals surface area contributed by atoms with E-state index in [9.17, 15) is 4.79 Å². The molecule has 0 amide bonds. The molecule has 1 heterocycles. The van der Waals surface area contributed by atoms with Crippen molar-refractivity contribution >= 4 is 0 Å². The molecule has 0 unspecified atom stereocenters. The summed E-state index contributed by atoms with van der Waals surface area (Å²) in [4.78, 5) is 11.5. The van der Waals surface area contributed by atoms with Crippen molar-refractivity contribution in [3.05, 3.63) is 58.8 Å². The Labute approximate surface area is 94.0 Å². The first-order valence-electron chi connectivity index (χ1n) is 5.03. The molecule has 0 N–H and O–H groups in total. The van der Waals surface area contributed by atoms with Gasteiger partial charge in [0.2, 0.25) is 0 Å². The number of imidazole rings is 1. The van der Waals surface area contributed by atoms with Crippen LogP contribution in [0.5, 0.6) is 0 Å². The van der Waals surface area contributed by atoms with Gasteiger partial charge in [-0.1, -0.05) is 30.0 Å². The molecule has 80 valence electrons. The Hall–Kier alpha value is -2.21. The van der Waals surface area contributed by atoms with Gasteiger partial charge in [0.05, 0.1) is 6.54 Å². The summed E-state index contributed by atoms with van der Waals surface area (Å²) in [6, 6.07) is 9.73. The van der Waals surface area contributed by atoms with Gasteiger partial charge in [-0.15, -0.1) is 0 Å². The van der Waals surface area contributed by atoms with Crippen molar-refractivity contribution in [2.24, 2.45) is 7.05 Å². The van der Waals surface area contributed by atoms with Crippen LogP contribution in [0.3, 0.4) is 0 Å². The standard InChI is InChI=1S/C13H12N2O/c1-14-10-11-15(13(14)16)9-5-8-12-6-3-2-4-7-12/h2-4,6-7,10-11H,9H2,1H3. The van der Waals surface area contributed by atoms with Crippen LogP contribution in [0, 0.1) is 11.8 Å². The van der Waals surface area contributed by atoms with Crippen LogP contribution in [0.15, 0.2) is 47.5 Å². The lowest BCUT2D eigenvalue weighted by Crippen LogP contribution is -2.21. The van der Waals surface area contributed by atoms with E-state index in [2.05, 4.69) is 11.8 Å². The fourth-order valence-corrected chi connectivity index (χ4v) is 1.38. The number of nitrogens with zero attached hydrogens (tertiary/aromatic N) is 2. The second kappa shape index (κ2) is 4.54. The summed E-state index contributed by atoms with van der Waals surface area (Å²) in [5, 5.41) is 0. The molecule has 3 nitrogen and oxygen atoms in total. The molecule has 0 saturated carbocycles. The third-order valence-corrected chi connectivity index (χ3v) is 2.27. The predicted octanol–water partition coefficient (Wildman–Crippen LogP) is 1.24. The molecule has 1 aromatic heterocycles. The summed E-state index contributed by atoms with van der Waals surface area (Å²) in [6.45, 7) is 0.425. The molecule has 1 aromatic carbocycles. The zero-order valence-corrected chi connectivity index (χ0v) is 9.05. The Bertz CT molecular complexity index is 582. The third kappa shape index (κ3) is 2.23. The van der Waals surface area contributed by atoms with Gasteiger partial charge in [-0.3, -0.25) is 4.57 Å². The molecule has 0 radical (unpaired) electrons. The molecule has 0 aliphatic heterocycles. The first kappa shape index (κ1) is 10.3. The predicted molar refractivity (Wildman–Crippen MR) is 63.0 cm³/mol. The van der Waals surface area contributed by atoms with Crippen molar-refractivity contribution in [1.82, 2.24) is 9.13 Å². The second-order valence-electron chi connectivity index (χ2n) is 3.49. The minimum atomic E-state index is -0.0395. The van der Waals surface area contributed by atoms with Gasteiger partial charge >= 0.3 is 5.69 Å². The van der Waals surface area contributed by atoms with E-state index in [1.807, 2.05) is 30.3 Å². The van der Waals surface area contributed by atoms with Crippen LogP contribution in [-0.4, -0.2) is 9.13 Å². The van der Waals surface area contributed by atoms with E-state index < -0.39 is 0 Å². The van der Waals surface area contributed by atoms with E-state index in [1.165, 1.54) is 4.57 Å². The minimum absolute atomic E-state index is 0.0395. The average molecular weight is 212 g/mol. The van der Waals surface area contributed by atoms with Crippen molar-refractivity contribution in [1.29, 1.82) is 0 Å². The molecule has 0 saturated heterocycles. The normalized spacial score (nSPS) is 9.56. The average Bonchev–Trinajstić information content (AvgIpc) is 2.62. The van der Waals surface area contributed by atoms with E-state index in [-0.39, 0.29) is 5.69 Å². The van der Waals surface area contributed by atoms with Crippen molar-refractivity contribution in [2.75, 3.05) is 0 Å². The van der Waals surface area contributed by atoms with Crippen LogP contribution in [0.25, 0.3) is 0 Å². The molecule has 3 heteroatoms. The van der Waals surface area contributed by atoms with Crippen LogP contribution >= 0.6 is 0 Å². The fourth-order valence-electron chi connectivity index (χ4n) is 1.38. The molecule has 0 bridgehead atoms. The Morgan fingerprint density at radius 3 is 2.56 bits per heavy atom. The maximum absolute atomic E-state index is 11.5. The maximum Gasteiger partial charge on any atom is 0.328 e. The lowest BCUT2D eigenvalue weighted by Gasteiger charge is -1.91. The summed E-state index contributed by atoms with van der Waals surface area (Å²) in [5.41, 5.74) is 0.925. The summed E-state index contributed by atoms with van der Waals surface area (Å²) >= 11 is 0. The lowest BCUT2D eigenvalue weighted by atomic mass is 10.2. The van der Waals surface area contributed by atoms with Gasteiger partial charge in [-0.25, -0.2) is 4.79 Å². The van der Waals surface area contributed by atoms with Crippen molar-refractivity contribution in [2.45, 2.75) is 6.54 Å². The number of rotatable bonds is 1. The van der Waals surface area contributed by atoms with Crippen molar-refractivity contribution in [3.63, 3.8) is 0 Å². The topological polar surface area (TPSA) is 26.9 Å². The maximum atomic E-state index is 11.5. The highest BCUT2D eigenvalue weighted by Crippen LogP contribution is 1.94. The van der Waals surface area contributed by atoms with Crippen LogP contribution in [0.4, 0.5) is 0 Å². The number of hydrogen-bond donors (Lipinski definition) is 0. The molecule has 0 fully saturated rings. The summed E-state index contributed by atoms with van der Waals surface area (Å²) in [5.74, 6) is 5.98. The quantitative estimate of drug-likeness (QED) is 0.653. The van der Waals surface area contributed by atoms with Crippen molar-refractivity contribution < 1.29 is 0 Å². The van der Waals surface area contributed by atoms with Gasteiger partial charge < -0.3 is 4.57 Å². The third-order valence-electron chi connectivity index (χ3n) is 2.27. The smallest absolute Gasteiger partial charge is 0.302 e. The number of aryl methyl sites for hydroxylation is 1. The second-order valence-corrected chi connectivity index (χ2v) is 3.49. The van der Waals surface area contributed by atoms with E-state index in [0.29, 0.717) is 6.54 Å². The Morgan fingerprint density at radius 2 is 1.94 bits per heavy atom. The van der Waals surface area contributed by atoms with Gasteiger partial charge in [-0.2, -0.15) is 0 Å².